The molecule has 1 heterocycles. The molecule has 1 unspecified atom stereocenters. The van der Waals surface area contributed by atoms with Crippen LogP contribution in [0.3, 0.4) is 0 Å². The first-order valence-electron chi connectivity index (χ1n) is 5.81. The zero-order chi connectivity index (χ0) is 14.4. The predicted octanol–water partition coefficient (Wildman–Crippen LogP) is 2.96. The smallest absolute Gasteiger partial charge is 0.384 e. The maximum absolute atomic E-state index is 11.5. The largest absolute Gasteiger partial charge is 0.650 e. The highest BCUT2D eigenvalue weighted by atomic mass is 31.3. The molecule has 1 aliphatic rings. The molecule has 1 aromatic carbocycles. The van der Waals surface area contributed by atoms with Crippen molar-refractivity contribution in [3.63, 3.8) is 0 Å². The Morgan fingerprint density at radius 3 is 2.42 bits per heavy atom. The number of hydrogen-bond donors (Lipinski definition) is 3. The van der Waals surface area contributed by atoms with Gasteiger partial charge in [-0.1, -0.05) is 36.4 Å². The molecule has 0 bridgehead atoms. The van der Waals surface area contributed by atoms with Crippen LogP contribution in [0.2, 0.25) is 0 Å². The summed E-state index contributed by atoms with van der Waals surface area (Å²) in [6, 6.07) is 9.22. The summed E-state index contributed by atoms with van der Waals surface area (Å²) in [7, 11) is -7.34. The van der Waals surface area contributed by atoms with Gasteiger partial charge in [-0.2, -0.15) is 4.89 Å². The molecule has 3 N–H and O–H groups in total. The lowest BCUT2D eigenvalue weighted by atomic mass is 10.3. The third-order valence-corrected chi connectivity index (χ3v) is 4.97. The first kappa shape index (κ1) is 16.5. The van der Waals surface area contributed by atoms with Gasteiger partial charge < -0.3 is 10.2 Å². The van der Waals surface area contributed by atoms with Gasteiger partial charge in [0.1, 0.15) is 0 Å². The van der Waals surface area contributed by atoms with Crippen LogP contribution in [-0.4, -0.2) is 22.5 Å². The van der Waals surface area contributed by atoms with Crippen LogP contribution in [0.25, 0.3) is 0 Å². The maximum atomic E-state index is 11.5. The van der Waals surface area contributed by atoms with Gasteiger partial charge in [-0.3, -0.25) is 4.57 Å². The normalized spacial score (nSPS) is 18.7. The molecular weight excluding hydrogens is 292 g/mol. The Kier molecular flexibility index (Phi) is 6.36. The minimum atomic E-state index is -3.90. The van der Waals surface area contributed by atoms with Gasteiger partial charge in [-0.15, -0.1) is 0 Å². The molecule has 0 saturated carbocycles. The fraction of sp³-hybridized carbons (Fsp3) is 0.400. The minimum absolute atomic E-state index is 0.156. The van der Waals surface area contributed by atoms with E-state index >= 15 is 0 Å². The van der Waals surface area contributed by atoms with Gasteiger partial charge in [-0.25, -0.2) is 0 Å². The Hall–Kier alpha value is -0.520. The van der Waals surface area contributed by atoms with Crippen LogP contribution in [0, 0.1) is 0 Å². The van der Waals surface area contributed by atoms with Gasteiger partial charge in [0, 0.05) is 12.2 Å². The molecule has 0 radical (unpaired) electrons. The Balaban J connectivity index is 0.000000861. The van der Waals surface area contributed by atoms with Crippen molar-refractivity contribution in [1.29, 1.82) is 0 Å². The summed E-state index contributed by atoms with van der Waals surface area (Å²) in [5.74, 6) is 0. The van der Waals surface area contributed by atoms with Gasteiger partial charge in [0.05, 0.1) is 15.5 Å². The van der Waals surface area contributed by atoms with Crippen LogP contribution in [-0.2, 0) is 18.2 Å². The molecule has 0 amide bonds. The first-order valence-corrected chi connectivity index (χ1v) is 9.07. The highest BCUT2D eigenvalue weighted by molar-refractivity contribution is 7.69. The summed E-state index contributed by atoms with van der Waals surface area (Å²) in [5, 5.41) is 2.94. The molecule has 1 atom stereocenters. The summed E-state index contributed by atoms with van der Waals surface area (Å²) < 4.78 is 24.1. The molecule has 2 rings (SSSR count). The molecule has 19 heavy (non-hydrogen) atoms. The Morgan fingerprint density at radius 2 is 1.89 bits per heavy atom. The second-order valence-corrected chi connectivity index (χ2v) is 6.96. The van der Waals surface area contributed by atoms with E-state index in [4.69, 9.17) is 4.89 Å². The molecule has 0 spiro atoms. The molecule has 7 nitrogen and oxygen atoms in total. The van der Waals surface area contributed by atoms with Gasteiger partial charge in [0.15, 0.2) is 0 Å². The van der Waals surface area contributed by atoms with E-state index in [1.807, 2.05) is 44.2 Å². The van der Waals surface area contributed by atoms with E-state index in [9.17, 15) is 9.46 Å². The van der Waals surface area contributed by atoms with E-state index in [0.717, 1.165) is 5.69 Å². The number of nitrogens with one attached hydrogen (secondary N) is 1. The zero-order valence-electron chi connectivity index (χ0n) is 10.7. The van der Waals surface area contributed by atoms with E-state index in [2.05, 4.69) is 19.0 Å². The molecule has 1 saturated heterocycles. The lowest BCUT2D eigenvalue weighted by molar-refractivity contribution is 0.0850. The third kappa shape index (κ3) is 6.45. The van der Waals surface area contributed by atoms with Crippen LogP contribution < -0.4 is 5.32 Å². The van der Waals surface area contributed by atoms with Crippen LogP contribution in [0.4, 0.5) is 5.69 Å². The lowest BCUT2D eigenvalue weighted by Crippen LogP contribution is -2.07. The lowest BCUT2D eigenvalue weighted by Gasteiger charge is -2.08. The van der Waals surface area contributed by atoms with Crippen LogP contribution >= 0.6 is 15.8 Å². The van der Waals surface area contributed by atoms with E-state index in [0.29, 0.717) is 0 Å². The molecule has 1 aliphatic heterocycles. The number of rotatable bonds is 6. The highest BCUT2D eigenvalue weighted by Gasteiger charge is 2.71. The Morgan fingerprint density at radius 1 is 1.32 bits per heavy atom. The Labute approximate surface area is 112 Å². The number of anilines is 1. The first-order chi connectivity index (χ1) is 8.99. The van der Waals surface area contributed by atoms with E-state index in [1.54, 1.807) is 0 Å². The number of hydrogen-bond acceptors (Lipinski definition) is 6. The zero-order valence-corrected chi connectivity index (χ0v) is 12.5. The topological polar surface area (TPSA) is 104 Å². The molecule has 9 heteroatoms. The minimum Gasteiger partial charge on any atom is -0.384 e. The van der Waals surface area contributed by atoms with Gasteiger partial charge in [-0.05, 0) is 12.1 Å². The van der Waals surface area contributed by atoms with Crippen molar-refractivity contribution in [2.24, 2.45) is 0 Å². The Bertz CT molecular complexity index is 425. The molecule has 0 aromatic heterocycles. The van der Waals surface area contributed by atoms with Crippen molar-refractivity contribution in [3.05, 3.63) is 30.3 Å². The summed E-state index contributed by atoms with van der Waals surface area (Å²) in [4.78, 5) is 18.4. The fourth-order valence-electron chi connectivity index (χ4n) is 1.16. The van der Waals surface area contributed by atoms with Crippen LogP contribution in [0.1, 0.15) is 13.8 Å². The van der Waals surface area contributed by atoms with E-state index in [-0.39, 0.29) is 12.7 Å². The standard InChI is InChI=1S/C8H11NO6P2.C2H6/c10-16(11,15-17(12)13-14-17)7-6-9-8-4-2-1-3-5-8;1-2/h1-5,9,12H,6-7H2;1-2H3/p+1. The SMILES string of the molecule is CC.O=P(O)(CCNc1ccccc1)O[P+]1(O)OO1. The molecule has 1 fully saturated rings. The van der Waals surface area contributed by atoms with Gasteiger partial charge in [0.2, 0.25) is 0 Å². The molecule has 108 valence electrons. The highest BCUT2D eigenvalue weighted by Crippen LogP contribution is 2.79. The summed E-state index contributed by atoms with van der Waals surface area (Å²) in [6.45, 7) is 4.23. The van der Waals surface area contributed by atoms with Crippen LogP contribution in [0.5, 0.6) is 0 Å². The monoisotopic (exact) mass is 310 g/mol. The number of benzene rings is 1. The quantitative estimate of drug-likeness (QED) is 0.421. The van der Waals surface area contributed by atoms with Crippen molar-refractivity contribution in [3.8, 4) is 0 Å². The van der Waals surface area contributed by atoms with Gasteiger partial charge in [0.25, 0.3) is 0 Å². The predicted molar refractivity (Wildman–Crippen MR) is 73.4 cm³/mol. The molecule has 0 aliphatic carbocycles. The molecular formula is C10H18NO6P2+. The fourth-order valence-corrected chi connectivity index (χ4v) is 3.61. The summed E-state index contributed by atoms with van der Waals surface area (Å²) >= 11 is 0. The van der Waals surface area contributed by atoms with Crippen LogP contribution in [0.15, 0.2) is 30.3 Å². The summed E-state index contributed by atoms with van der Waals surface area (Å²) in [5.41, 5.74) is 0.833. The van der Waals surface area contributed by atoms with Crippen molar-refractivity contribution in [2.75, 3.05) is 18.0 Å². The average Bonchev–Trinajstić information content (AvgIpc) is 3.09. The third-order valence-electron chi connectivity index (χ3n) is 1.93. The average molecular weight is 310 g/mol. The summed E-state index contributed by atoms with van der Waals surface area (Å²) in [6.07, 6.45) is -0.156. The van der Waals surface area contributed by atoms with E-state index < -0.39 is 15.8 Å². The van der Waals surface area contributed by atoms with E-state index in [1.165, 1.54) is 0 Å². The second-order valence-electron chi connectivity index (χ2n) is 3.35. The maximum Gasteiger partial charge on any atom is 0.650 e. The molecule has 1 aromatic rings. The van der Waals surface area contributed by atoms with Gasteiger partial charge >= 0.3 is 15.8 Å². The number of para-hydroxylation sites is 1. The van der Waals surface area contributed by atoms with Crippen molar-refractivity contribution in [1.82, 2.24) is 0 Å². The van der Waals surface area contributed by atoms with Crippen molar-refractivity contribution >= 4 is 21.5 Å². The second kappa shape index (κ2) is 7.31. The van der Waals surface area contributed by atoms with Crippen molar-refractivity contribution < 1.29 is 28.0 Å². The van der Waals surface area contributed by atoms with Crippen molar-refractivity contribution in [2.45, 2.75) is 13.8 Å².